The molecule has 90 valence electrons. The fraction of sp³-hybridized carbons (Fsp3) is 0.308. The molecular weight excluding hydrogens is 280 g/mol. The van der Waals surface area contributed by atoms with Gasteiger partial charge in [-0.25, -0.2) is 4.98 Å². The highest BCUT2D eigenvalue weighted by molar-refractivity contribution is 9.10. The van der Waals surface area contributed by atoms with Crippen molar-refractivity contribution in [3.63, 3.8) is 0 Å². The van der Waals surface area contributed by atoms with Crippen LogP contribution in [0.5, 0.6) is 0 Å². The van der Waals surface area contributed by atoms with Gasteiger partial charge in [-0.1, -0.05) is 22.0 Å². The third-order valence-corrected chi connectivity index (χ3v) is 3.12. The van der Waals surface area contributed by atoms with Crippen molar-refractivity contribution in [2.45, 2.75) is 19.4 Å². The number of aromatic nitrogens is 1. The van der Waals surface area contributed by atoms with Gasteiger partial charge in [0.25, 0.3) is 0 Å². The highest BCUT2D eigenvalue weighted by Gasteiger charge is 2.09. The lowest BCUT2D eigenvalue weighted by Gasteiger charge is -2.05. The number of rotatable bonds is 4. The van der Waals surface area contributed by atoms with Crippen molar-refractivity contribution in [3.05, 3.63) is 40.7 Å². The largest absolute Gasteiger partial charge is 0.444 e. The summed E-state index contributed by atoms with van der Waals surface area (Å²) >= 11 is 3.44. The Kier molecular flexibility index (Phi) is 3.97. The third kappa shape index (κ3) is 3.17. The Morgan fingerprint density at radius 1 is 1.47 bits per heavy atom. The van der Waals surface area contributed by atoms with Crippen molar-refractivity contribution in [1.29, 1.82) is 0 Å². The summed E-state index contributed by atoms with van der Waals surface area (Å²) in [5.41, 5.74) is 1.96. The van der Waals surface area contributed by atoms with Crippen LogP contribution in [-0.4, -0.2) is 18.1 Å². The molecule has 0 fully saturated rings. The minimum atomic E-state index is 0.399. The van der Waals surface area contributed by atoms with Crippen LogP contribution in [0, 0.1) is 0 Å². The minimum absolute atomic E-state index is 0.399. The third-order valence-electron chi connectivity index (χ3n) is 2.63. The highest BCUT2D eigenvalue weighted by Crippen LogP contribution is 2.22. The number of hydrogen-bond acceptors (Lipinski definition) is 3. The maximum absolute atomic E-state index is 5.49. The molecule has 0 aliphatic carbocycles. The van der Waals surface area contributed by atoms with E-state index in [1.165, 1.54) is 0 Å². The first kappa shape index (κ1) is 12.3. The summed E-state index contributed by atoms with van der Waals surface area (Å²) in [5, 5.41) is 3.18. The van der Waals surface area contributed by atoms with Gasteiger partial charge >= 0.3 is 0 Å². The topological polar surface area (TPSA) is 38.1 Å². The number of oxazole rings is 1. The lowest BCUT2D eigenvalue weighted by molar-refractivity contribution is 0.565. The molecular formula is C13H15BrN2O. The van der Waals surface area contributed by atoms with E-state index >= 15 is 0 Å². The minimum Gasteiger partial charge on any atom is -0.444 e. The van der Waals surface area contributed by atoms with E-state index in [4.69, 9.17) is 4.42 Å². The van der Waals surface area contributed by atoms with Crippen LogP contribution in [0.1, 0.15) is 12.6 Å². The first-order chi connectivity index (χ1) is 8.19. The second-order valence-electron chi connectivity index (χ2n) is 4.05. The fourth-order valence-electron chi connectivity index (χ4n) is 1.57. The second kappa shape index (κ2) is 5.47. The van der Waals surface area contributed by atoms with Crippen LogP contribution in [0.25, 0.3) is 11.5 Å². The van der Waals surface area contributed by atoms with E-state index in [0.717, 1.165) is 22.2 Å². The summed E-state index contributed by atoms with van der Waals surface area (Å²) in [4.78, 5) is 4.48. The van der Waals surface area contributed by atoms with Crippen molar-refractivity contribution >= 4 is 15.9 Å². The average Bonchev–Trinajstić information content (AvgIpc) is 2.77. The molecule has 1 heterocycles. The maximum Gasteiger partial charge on any atom is 0.226 e. The molecule has 0 bridgehead atoms. The normalized spacial score (nSPS) is 12.6. The average molecular weight is 295 g/mol. The first-order valence-electron chi connectivity index (χ1n) is 5.56. The fourth-order valence-corrected chi connectivity index (χ4v) is 1.97. The van der Waals surface area contributed by atoms with E-state index in [0.29, 0.717) is 11.9 Å². The Balaban J connectivity index is 2.18. The molecule has 1 unspecified atom stereocenters. The molecule has 1 N–H and O–H groups in total. The molecule has 1 atom stereocenters. The van der Waals surface area contributed by atoms with Crippen molar-refractivity contribution < 1.29 is 4.42 Å². The zero-order chi connectivity index (χ0) is 12.3. The SMILES string of the molecule is CNC(C)Cc1coc(-c2cccc(Br)c2)n1. The molecule has 3 nitrogen and oxygen atoms in total. The van der Waals surface area contributed by atoms with Crippen LogP contribution in [0.2, 0.25) is 0 Å². The quantitative estimate of drug-likeness (QED) is 0.941. The number of nitrogens with one attached hydrogen (secondary N) is 1. The molecule has 0 saturated heterocycles. The molecule has 0 amide bonds. The molecule has 2 aromatic rings. The lowest BCUT2D eigenvalue weighted by atomic mass is 10.2. The molecule has 0 aliphatic rings. The number of likely N-dealkylation sites (N-methyl/N-ethyl adjacent to an activating group) is 1. The molecule has 17 heavy (non-hydrogen) atoms. The standard InChI is InChI=1S/C13H15BrN2O/c1-9(15-2)6-12-8-17-13(16-12)10-4-3-5-11(14)7-10/h3-5,7-9,15H,6H2,1-2H3. The van der Waals surface area contributed by atoms with Crippen LogP contribution in [0.3, 0.4) is 0 Å². The van der Waals surface area contributed by atoms with Crippen LogP contribution in [0.15, 0.2) is 39.4 Å². The number of nitrogens with zero attached hydrogens (tertiary/aromatic N) is 1. The summed E-state index contributed by atoms with van der Waals surface area (Å²) in [6.07, 6.45) is 2.60. The Bertz CT molecular complexity index is 496. The van der Waals surface area contributed by atoms with Gasteiger partial charge < -0.3 is 9.73 Å². The van der Waals surface area contributed by atoms with Gasteiger partial charge in [-0.05, 0) is 32.2 Å². The summed E-state index contributed by atoms with van der Waals surface area (Å²) in [6.45, 7) is 2.12. The van der Waals surface area contributed by atoms with E-state index in [1.807, 2.05) is 31.3 Å². The smallest absolute Gasteiger partial charge is 0.226 e. The van der Waals surface area contributed by atoms with E-state index in [9.17, 15) is 0 Å². The highest BCUT2D eigenvalue weighted by atomic mass is 79.9. The Hall–Kier alpha value is -1.13. The number of hydrogen-bond donors (Lipinski definition) is 1. The van der Waals surface area contributed by atoms with Gasteiger partial charge in [-0.3, -0.25) is 0 Å². The molecule has 2 rings (SSSR count). The monoisotopic (exact) mass is 294 g/mol. The summed E-state index contributed by atoms with van der Waals surface area (Å²) in [5.74, 6) is 0.671. The maximum atomic E-state index is 5.49. The zero-order valence-corrected chi connectivity index (χ0v) is 11.5. The summed E-state index contributed by atoms with van der Waals surface area (Å²) in [6, 6.07) is 8.34. The Morgan fingerprint density at radius 2 is 2.29 bits per heavy atom. The van der Waals surface area contributed by atoms with Crippen LogP contribution >= 0.6 is 15.9 Å². The number of benzene rings is 1. The first-order valence-corrected chi connectivity index (χ1v) is 6.36. The van der Waals surface area contributed by atoms with Crippen LogP contribution in [0.4, 0.5) is 0 Å². The van der Waals surface area contributed by atoms with E-state index < -0.39 is 0 Å². The van der Waals surface area contributed by atoms with Gasteiger partial charge in [0.15, 0.2) is 0 Å². The van der Waals surface area contributed by atoms with E-state index in [1.54, 1.807) is 6.26 Å². The van der Waals surface area contributed by atoms with Gasteiger partial charge in [-0.2, -0.15) is 0 Å². The van der Waals surface area contributed by atoms with Crippen LogP contribution in [-0.2, 0) is 6.42 Å². The van der Waals surface area contributed by atoms with E-state index in [-0.39, 0.29) is 0 Å². The molecule has 0 saturated carbocycles. The molecule has 1 aromatic heterocycles. The van der Waals surface area contributed by atoms with Gasteiger partial charge in [0, 0.05) is 22.5 Å². The molecule has 4 heteroatoms. The lowest BCUT2D eigenvalue weighted by Crippen LogP contribution is -2.23. The van der Waals surface area contributed by atoms with Gasteiger partial charge in [-0.15, -0.1) is 0 Å². The van der Waals surface area contributed by atoms with Crippen LogP contribution < -0.4 is 5.32 Å². The summed E-state index contributed by atoms with van der Waals surface area (Å²) in [7, 11) is 1.94. The summed E-state index contributed by atoms with van der Waals surface area (Å²) < 4.78 is 6.52. The molecule has 1 aromatic carbocycles. The Morgan fingerprint density at radius 3 is 3.00 bits per heavy atom. The van der Waals surface area contributed by atoms with E-state index in [2.05, 4.69) is 33.2 Å². The van der Waals surface area contributed by atoms with Crippen molar-refractivity contribution in [2.75, 3.05) is 7.05 Å². The molecule has 0 aliphatic heterocycles. The van der Waals surface area contributed by atoms with Crippen molar-refractivity contribution in [1.82, 2.24) is 10.3 Å². The zero-order valence-electron chi connectivity index (χ0n) is 9.90. The second-order valence-corrected chi connectivity index (χ2v) is 4.96. The van der Waals surface area contributed by atoms with Crippen molar-refractivity contribution in [2.24, 2.45) is 0 Å². The molecule has 0 spiro atoms. The Labute approximate surface area is 109 Å². The van der Waals surface area contributed by atoms with Gasteiger partial charge in [0.2, 0.25) is 5.89 Å². The van der Waals surface area contributed by atoms with Gasteiger partial charge in [0.05, 0.1) is 5.69 Å². The predicted molar refractivity (Wildman–Crippen MR) is 71.9 cm³/mol. The number of halogens is 1. The molecule has 0 radical (unpaired) electrons. The predicted octanol–water partition coefficient (Wildman–Crippen LogP) is 3.25. The van der Waals surface area contributed by atoms with Gasteiger partial charge in [0.1, 0.15) is 6.26 Å². The van der Waals surface area contributed by atoms with Crippen molar-refractivity contribution in [3.8, 4) is 11.5 Å².